The van der Waals surface area contributed by atoms with Gasteiger partial charge in [-0.3, -0.25) is 24.7 Å². The Morgan fingerprint density at radius 3 is 2.82 bits per heavy atom. The average molecular weight is 387 g/mol. The maximum absolute atomic E-state index is 11.2. The lowest BCUT2D eigenvalue weighted by molar-refractivity contribution is -0.384. The molecule has 0 bridgehead atoms. The maximum atomic E-state index is 11.2. The number of nitro benzene ring substituents is 1. The molecule has 0 spiro atoms. The molecule has 2 heterocycles. The van der Waals surface area contributed by atoms with Gasteiger partial charge in [-0.1, -0.05) is 12.1 Å². The van der Waals surface area contributed by atoms with Crippen LogP contribution in [0, 0.1) is 10.1 Å². The van der Waals surface area contributed by atoms with E-state index in [-0.39, 0.29) is 18.3 Å². The molecule has 1 atom stereocenters. The van der Waals surface area contributed by atoms with Crippen LogP contribution >= 0.6 is 0 Å². The zero-order valence-electron chi connectivity index (χ0n) is 15.9. The molecule has 0 aliphatic carbocycles. The first-order valence-corrected chi connectivity index (χ1v) is 9.41. The van der Waals surface area contributed by atoms with Gasteiger partial charge in [0, 0.05) is 18.7 Å². The van der Waals surface area contributed by atoms with E-state index in [0.29, 0.717) is 17.9 Å². The minimum Gasteiger partial charge on any atom is -0.480 e. The third-order valence-electron chi connectivity index (χ3n) is 5.21. The predicted octanol–water partition coefficient (Wildman–Crippen LogP) is 3.23. The summed E-state index contributed by atoms with van der Waals surface area (Å²) in [5, 5.41) is 20.2. The summed E-state index contributed by atoms with van der Waals surface area (Å²) in [5.74, 6) is 0.461. The first kappa shape index (κ1) is 20.0. The SMILES string of the molecule is CN(CC(=O)O)C1CCCN(Cc2ccc(-c3ccccc3[N+](=O)[O-])o2)CC1. The van der Waals surface area contributed by atoms with Gasteiger partial charge in [-0.25, -0.2) is 0 Å². The van der Waals surface area contributed by atoms with Gasteiger partial charge in [0.15, 0.2) is 0 Å². The number of carbonyl (C=O) groups is 1. The van der Waals surface area contributed by atoms with Crippen molar-refractivity contribution in [3.05, 3.63) is 52.3 Å². The third kappa shape index (κ3) is 4.96. The van der Waals surface area contributed by atoms with Crippen LogP contribution in [-0.4, -0.2) is 58.5 Å². The van der Waals surface area contributed by atoms with Crippen LogP contribution in [0.5, 0.6) is 0 Å². The number of nitrogens with zero attached hydrogens (tertiary/aromatic N) is 3. The van der Waals surface area contributed by atoms with Gasteiger partial charge in [-0.05, 0) is 51.1 Å². The van der Waals surface area contributed by atoms with E-state index in [1.165, 1.54) is 6.07 Å². The largest absolute Gasteiger partial charge is 0.480 e. The van der Waals surface area contributed by atoms with Crippen molar-refractivity contribution >= 4 is 11.7 Å². The molecule has 150 valence electrons. The molecule has 2 aromatic rings. The van der Waals surface area contributed by atoms with Crippen LogP contribution < -0.4 is 0 Å². The Labute approximate surface area is 163 Å². The smallest absolute Gasteiger partial charge is 0.317 e. The minimum atomic E-state index is -0.804. The van der Waals surface area contributed by atoms with Gasteiger partial charge >= 0.3 is 5.97 Å². The number of aliphatic carboxylic acids is 1. The number of likely N-dealkylation sites (N-methyl/N-ethyl adjacent to an activating group) is 1. The molecule has 1 saturated heterocycles. The molecular formula is C20H25N3O5. The third-order valence-corrected chi connectivity index (χ3v) is 5.21. The van der Waals surface area contributed by atoms with E-state index in [9.17, 15) is 14.9 Å². The first-order valence-electron chi connectivity index (χ1n) is 9.41. The number of hydrogen-bond donors (Lipinski definition) is 1. The van der Waals surface area contributed by atoms with Crippen molar-refractivity contribution in [1.82, 2.24) is 9.80 Å². The topological polar surface area (TPSA) is 100 Å². The summed E-state index contributed by atoms with van der Waals surface area (Å²) in [6.07, 6.45) is 2.87. The molecule has 1 aliphatic rings. The number of furan rings is 1. The van der Waals surface area contributed by atoms with Gasteiger partial charge in [0.25, 0.3) is 5.69 Å². The molecule has 1 aromatic heterocycles. The predicted molar refractivity (Wildman–Crippen MR) is 104 cm³/mol. The van der Waals surface area contributed by atoms with Gasteiger partial charge in [0.2, 0.25) is 0 Å². The van der Waals surface area contributed by atoms with Gasteiger partial charge in [0.05, 0.1) is 23.6 Å². The van der Waals surface area contributed by atoms with E-state index in [4.69, 9.17) is 9.52 Å². The summed E-state index contributed by atoms with van der Waals surface area (Å²) in [4.78, 5) is 25.9. The zero-order chi connectivity index (χ0) is 20.1. The van der Waals surface area contributed by atoms with Gasteiger partial charge in [-0.2, -0.15) is 0 Å². The lowest BCUT2D eigenvalue weighted by atomic mass is 10.1. The van der Waals surface area contributed by atoms with Crippen molar-refractivity contribution in [2.75, 3.05) is 26.7 Å². The van der Waals surface area contributed by atoms with Crippen LogP contribution in [0.15, 0.2) is 40.8 Å². The standard InChI is InChI=1S/C20H25N3O5/c1-21(14-20(24)25)15-5-4-11-22(12-10-15)13-16-8-9-19(28-16)17-6-2-3-7-18(17)23(26)27/h2-3,6-9,15H,4-5,10-14H2,1H3,(H,24,25). The molecule has 0 radical (unpaired) electrons. The van der Waals surface area contributed by atoms with Crippen LogP contribution in [0.2, 0.25) is 0 Å². The Bertz CT molecular complexity index is 835. The first-order chi connectivity index (χ1) is 13.4. The molecule has 1 unspecified atom stereocenters. The van der Waals surface area contributed by atoms with Crippen molar-refractivity contribution in [3.63, 3.8) is 0 Å². The van der Waals surface area contributed by atoms with Gasteiger partial charge in [0.1, 0.15) is 11.5 Å². The van der Waals surface area contributed by atoms with Crippen LogP contribution in [-0.2, 0) is 11.3 Å². The van der Waals surface area contributed by atoms with E-state index < -0.39 is 10.9 Å². The van der Waals surface area contributed by atoms with Crippen LogP contribution in [0.1, 0.15) is 25.0 Å². The monoisotopic (exact) mass is 387 g/mol. The second-order valence-electron chi connectivity index (χ2n) is 7.21. The minimum absolute atomic E-state index is 0.0301. The molecule has 1 aliphatic heterocycles. The molecule has 1 aromatic carbocycles. The summed E-state index contributed by atoms with van der Waals surface area (Å²) in [5.41, 5.74) is 0.507. The molecule has 1 N–H and O–H groups in total. The van der Waals surface area contributed by atoms with Crippen LogP contribution in [0.25, 0.3) is 11.3 Å². The number of carboxylic acid groups (broad SMARTS) is 1. The number of benzene rings is 1. The van der Waals surface area contributed by atoms with E-state index in [0.717, 1.165) is 38.1 Å². The average Bonchev–Trinajstić information content (AvgIpc) is 2.98. The Morgan fingerprint density at radius 1 is 1.29 bits per heavy atom. The normalized spacial score (nSPS) is 18.1. The highest BCUT2D eigenvalue weighted by Crippen LogP contribution is 2.31. The quantitative estimate of drug-likeness (QED) is 0.575. The molecule has 1 fully saturated rings. The molecule has 8 nitrogen and oxygen atoms in total. The number of nitro groups is 1. The second kappa shape index (κ2) is 8.99. The summed E-state index contributed by atoms with van der Waals surface area (Å²) >= 11 is 0. The number of likely N-dealkylation sites (tertiary alicyclic amines) is 1. The summed E-state index contributed by atoms with van der Waals surface area (Å²) in [6, 6.07) is 10.5. The van der Waals surface area contributed by atoms with Gasteiger partial charge in [-0.15, -0.1) is 0 Å². The Hall–Kier alpha value is -2.71. The van der Waals surface area contributed by atoms with Crippen molar-refractivity contribution in [1.29, 1.82) is 0 Å². The molecular weight excluding hydrogens is 362 g/mol. The Balaban J connectivity index is 1.63. The number of para-hydroxylation sites is 1. The van der Waals surface area contributed by atoms with Crippen molar-refractivity contribution < 1.29 is 19.2 Å². The fourth-order valence-electron chi connectivity index (χ4n) is 3.75. The lowest BCUT2D eigenvalue weighted by Gasteiger charge is -2.25. The Morgan fingerprint density at radius 2 is 2.07 bits per heavy atom. The Kier molecular flexibility index (Phi) is 6.43. The highest BCUT2D eigenvalue weighted by molar-refractivity contribution is 5.69. The van der Waals surface area contributed by atoms with E-state index >= 15 is 0 Å². The number of hydrogen-bond acceptors (Lipinski definition) is 6. The van der Waals surface area contributed by atoms with E-state index in [1.54, 1.807) is 24.3 Å². The van der Waals surface area contributed by atoms with Crippen LogP contribution in [0.4, 0.5) is 5.69 Å². The van der Waals surface area contributed by atoms with Crippen LogP contribution in [0.3, 0.4) is 0 Å². The van der Waals surface area contributed by atoms with E-state index in [2.05, 4.69) is 4.90 Å². The fraction of sp³-hybridized carbons (Fsp3) is 0.450. The fourth-order valence-corrected chi connectivity index (χ4v) is 3.75. The lowest BCUT2D eigenvalue weighted by Crippen LogP contribution is -2.36. The summed E-state index contributed by atoms with van der Waals surface area (Å²) < 4.78 is 5.90. The van der Waals surface area contributed by atoms with Gasteiger partial charge < -0.3 is 9.52 Å². The number of rotatable bonds is 7. The highest BCUT2D eigenvalue weighted by Gasteiger charge is 2.23. The molecule has 0 saturated carbocycles. The number of carboxylic acids is 1. The second-order valence-corrected chi connectivity index (χ2v) is 7.21. The molecule has 3 rings (SSSR count). The van der Waals surface area contributed by atoms with Crippen molar-refractivity contribution in [2.45, 2.75) is 31.8 Å². The maximum Gasteiger partial charge on any atom is 0.317 e. The summed E-state index contributed by atoms with van der Waals surface area (Å²) in [7, 11) is 1.86. The summed E-state index contributed by atoms with van der Waals surface area (Å²) in [6.45, 7) is 2.47. The zero-order valence-corrected chi connectivity index (χ0v) is 15.9. The molecule has 0 amide bonds. The van der Waals surface area contributed by atoms with Crippen molar-refractivity contribution in [2.24, 2.45) is 0 Å². The molecule has 28 heavy (non-hydrogen) atoms. The highest BCUT2D eigenvalue weighted by atomic mass is 16.6. The van der Waals surface area contributed by atoms with Crippen molar-refractivity contribution in [3.8, 4) is 11.3 Å². The molecule has 8 heteroatoms. The van der Waals surface area contributed by atoms with E-state index in [1.807, 2.05) is 18.0 Å².